The summed E-state index contributed by atoms with van der Waals surface area (Å²) in [5.74, 6) is 58.7. The Labute approximate surface area is 645 Å². The van der Waals surface area contributed by atoms with Gasteiger partial charge in [0.15, 0.2) is 0 Å². The summed E-state index contributed by atoms with van der Waals surface area (Å²) in [5.41, 5.74) is 13.7. The van der Waals surface area contributed by atoms with E-state index in [2.05, 4.69) is 289 Å². The van der Waals surface area contributed by atoms with E-state index in [0.717, 1.165) is 221 Å². The summed E-state index contributed by atoms with van der Waals surface area (Å²) < 4.78 is 52.2. The molecule has 8 nitrogen and oxygen atoms in total. The Balaban J connectivity index is 0.715. The number of rotatable bonds is 0. The van der Waals surface area contributed by atoms with Crippen LogP contribution in [0.3, 0.4) is 0 Å². The molecule has 0 spiro atoms. The Morgan fingerprint density at radius 3 is 0.384 bits per heavy atom. The minimum atomic E-state index is 0.377. The third-order valence-electron chi connectivity index (χ3n) is 21.2. The molecule has 0 fully saturated rings. The highest BCUT2D eigenvalue weighted by Gasteiger charge is 2.27. The van der Waals surface area contributed by atoms with Crippen LogP contribution in [0.4, 0.5) is 0 Å². The predicted octanol–water partition coefficient (Wildman–Crippen LogP) is 20.6. The van der Waals surface area contributed by atoms with Gasteiger partial charge in [-0.15, -0.1) is 0 Å². The van der Waals surface area contributed by atoms with E-state index in [4.69, 9.17) is 37.9 Å². The minimum Gasteiger partial charge on any atom is -0.489 e. The van der Waals surface area contributed by atoms with Crippen molar-refractivity contribution in [2.75, 3.05) is 52.9 Å². The second kappa shape index (κ2) is 27.4. The fourth-order valence-corrected chi connectivity index (χ4v) is 16.1. The number of fused-ring (bicyclic) bond motifs is 8. The van der Waals surface area contributed by atoms with E-state index in [-0.39, 0.29) is 0 Å². The molecule has 16 aromatic rings. The van der Waals surface area contributed by atoms with Gasteiger partial charge in [-0.25, -0.2) is 0 Å². The molecule has 5 aliphatic rings. The van der Waals surface area contributed by atoms with Crippen molar-refractivity contribution in [3.63, 3.8) is 0 Å². The highest BCUT2D eigenvalue weighted by atomic mass is 16.5. The summed E-state index contributed by atoms with van der Waals surface area (Å²) >= 11 is 0. The number of ether oxygens (including phenoxy) is 8. The fraction of sp³-hybridized carbons (Fsp3) is 0.0769. The van der Waals surface area contributed by atoms with Crippen molar-refractivity contribution in [1.82, 2.24) is 0 Å². The average Bonchev–Trinajstić information content (AvgIpc) is 0.761. The van der Waals surface area contributed by atoms with Crippen molar-refractivity contribution in [3.05, 3.63) is 287 Å². The third kappa shape index (κ3) is 11.8. The summed E-state index contributed by atoms with van der Waals surface area (Å²) in [6, 6.07) is 83.2. The van der Waals surface area contributed by atoms with E-state index in [1.807, 2.05) is 48.5 Å². The SMILES string of the molecule is C1#Cc2ccc3ccc4c(c3c2)-c2c(ccc3ccc(cc23)C#CC#Cc2ccc3ccc5c(c3c2)-c2c(ccc3ccc(cc23)C#CC#Cc2ccc3ccc6c(c3c2)-c2c(ccc3ccc(cc23)C#CC#Cc2ccc3ccc7c(c3c2)-c2c(ccc3ccc(cc23)C#C1)OCCO7)OCCO6)OCCO5)OCCO4. The van der Waals surface area contributed by atoms with Crippen LogP contribution in [0.2, 0.25) is 0 Å². The Morgan fingerprint density at radius 2 is 0.259 bits per heavy atom. The summed E-state index contributed by atoms with van der Waals surface area (Å²) in [6.07, 6.45) is 0. The lowest BCUT2D eigenvalue weighted by Gasteiger charge is -2.22. The van der Waals surface area contributed by atoms with Gasteiger partial charge < -0.3 is 37.9 Å². The molecule has 16 aromatic carbocycles. The van der Waals surface area contributed by atoms with Gasteiger partial charge in [-0.2, -0.15) is 0 Å². The van der Waals surface area contributed by atoms with Crippen molar-refractivity contribution in [2.45, 2.75) is 0 Å². The van der Waals surface area contributed by atoms with Gasteiger partial charge in [0.2, 0.25) is 0 Å². The average molecular weight is 1430 g/mol. The molecule has 4 heterocycles. The highest BCUT2D eigenvalue weighted by Crippen LogP contribution is 2.52. The van der Waals surface area contributed by atoms with Gasteiger partial charge in [-0.3, -0.25) is 0 Å². The third-order valence-corrected chi connectivity index (χ3v) is 21.2. The zero-order valence-corrected chi connectivity index (χ0v) is 60.0. The van der Waals surface area contributed by atoms with Crippen molar-refractivity contribution >= 4 is 86.2 Å². The first-order valence-electron chi connectivity index (χ1n) is 37.1. The quantitative estimate of drug-likeness (QED) is 0.139. The molecule has 0 atom stereocenters. The van der Waals surface area contributed by atoms with E-state index in [1.54, 1.807) is 0 Å². The molecule has 0 amide bonds. The second-order valence-corrected chi connectivity index (χ2v) is 27.8. The molecule has 21 rings (SSSR count). The molecule has 0 aromatic heterocycles. The van der Waals surface area contributed by atoms with Crippen LogP contribution in [-0.2, 0) is 0 Å². The molecule has 16 bridgehead atoms. The molecule has 0 N–H and O–H groups in total. The Morgan fingerprint density at radius 1 is 0.143 bits per heavy atom. The summed E-state index contributed by atoms with van der Waals surface area (Å²) in [5, 5.41) is 15.9. The number of hydrogen-bond donors (Lipinski definition) is 0. The first-order valence-corrected chi connectivity index (χ1v) is 37.1. The maximum atomic E-state index is 6.52. The Hall–Kier alpha value is -15.5. The van der Waals surface area contributed by atoms with E-state index in [1.165, 1.54) is 0 Å². The van der Waals surface area contributed by atoms with Crippen LogP contribution in [0.25, 0.3) is 131 Å². The maximum Gasteiger partial charge on any atom is 0.128 e. The smallest absolute Gasteiger partial charge is 0.128 e. The molecule has 520 valence electrons. The Bertz CT molecular complexity index is 6130. The van der Waals surface area contributed by atoms with E-state index in [9.17, 15) is 0 Å². The molecule has 0 saturated heterocycles. The van der Waals surface area contributed by atoms with Crippen LogP contribution in [-0.4, -0.2) is 52.9 Å². The number of hydrogen-bond acceptors (Lipinski definition) is 8. The van der Waals surface area contributed by atoms with Crippen LogP contribution in [0.1, 0.15) is 44.5 Å². The van der Waals surface area contributed by atoms with Gasteiger partial charge in [-0.05, 0) is 279 Å². The lowest BCUT2D eigenvalue weighted by molar-refractivity contribution is 0.215. The van der Waals surface area contributed by atoms with Crippen molar-refractivity contribution in [3.8, 4) is 185 Å². The Kier molecular flexibility index (Phi) is 15.8. The van der Waals surface area contributed by atoms with Crippen molar-refractivity contribution in [1.29, 1.82) is 0 Å². The lowest BCUT2D eigenvalue weighted by Crippen LogP contribution is -2.13. The summed E-state index contributed by atoms with van der Waals surface area (Å²) in [7, 11) is 0. The van der Waals surface area contributed by atoms with E-state index in [0.29, 0.717) is 52.9 Å². The topological polar surface area (TPSA) is 73.8 Å². The summed E-state index contributed by atoms with van der Waals surface area (Å²) in [6.45, 7) is 3.01. The van der Waals surface area contributed by atoms with Crippen LogP contribution in [0.15, 0.2) is 243 Å². The highest BCUT2D eigenvalue weighted by molar-refractivity contribution is 6.15. The standard InChI is InChI=1S/C104H56O8/c1-2-10-66-18-26-74-34-42-90-98(82(74)58-66)100-84-60-68(20-28-76(84)36-44-92(100)108-52-51-106-90)12-5-6-14-70-22-30-78-38-46-94-102(86(78)62-70)104-88-64-72(24-32-80(88)40-48-96(104)112-56-55-110-94)16-8-7-15-71-23-31-79-39-47-95-103(87(79)63-71)101-85-61-69(21-29-77(85)37-45-93(101)109-53-54-111-95)13-4-3-11-67-19-27-75-35-43-91-99(83(75)59-67)97-81-57-65(9-1)17-25-73(81)33-41-89(97)105-49-50-107-91/h17-48,57-64H,49-56H2. The van der Waals surface area contributed by atoms with Gasteiger partial charge >= 0.3 is 0 Å². The zero-order valence-electron chi connectivity index (χ0n) is 60.0. The van der Waals surface area contributed by atoms with Crippen LogP contribution in [0, 0.1) is 94.7 Å². The van der Waals surface area contributed by atoms with Gasteiger partial charge in [-0.1, -0.05) is 144 Å². The molecular weight excluding hydrogens is 1380 g/mol. The first kappa shape index (κ1) is 64.8. The van der Waals surface area contributed by atoms with Gasteiger partial charge in [0.1, 0.15) is 98.9 Å². The van der Waals surface area contributed by atoms with E-state index < -0.39 is 0 Å². The van der Waals surface area contributed by atoms with Crippen LogP contribution >= 0.6 is 0 Å². The van der Waals surface area contributed by atoms with Crippen molar-refractivity contribution < 1.29 is 37.9 Å². The molecule has 1 aliphatic carbocycles. The number of benzene rings is 16. The molecule has 0 radical (unpaired) electrons. The summed E-state index contributed by atoms with van der Waals surface area (Å²) in [4.78, 5) is 0. The molecule has 0 saturated carbocycles. The van der Waals surface area contributed by atoms with Crippen LogP contribution < -0.4 is 37.9 Å². The first-order chi connectivity index (χ1) is 55.5. The lowest BCUT2D eigenvalue weighted by atomic mass is 9.90. The molecule has 0 unspecified atom stereocenters. The van der Waals surface area contributed by atoms with Gasteiger partial charge in [0.25, 0.3) is 0 Å². The predicted molar refractivity (Wildman–Crippen MR) is 447 cm³/mol. The molecular formula is C104H56O8. The molecule has 112 heavy (non-hydrogen) atoms. The van der Waals surface area contributed by atoms with Crippen molar-refractivity contribution in [2.24, 2.45) is 0 Å². The fourth-order valence-electron chi connectivity index (χ4n) is 16.1. The normalized spacial score (nSPS) is 13.3. The van der Waals surface area contributed by atoms with Crippen LogP contribution in [0.5, 0.6) is 46.0 Å². The van der Waals surface area contributed by atoms with Gasteiger partial charge in [0.05, 0.1) is 0 Å². The largest absolute Gasteiger partial charge is 0.489 e. The monoisotopic (exact) mass is 1430 g/mol. The zero-order chi connectivity index (χ0) is 74.0. The second-order valence-electron chi connectivity index (χ2n) is 27.8. The van der Waals surface area contributed by atoms with Gasteiger partial charge in [0, 0.05) is 89.0 Å². The van der Waals surface area contributed by atoms with E-state index >= 15 is 0 Å². The molecule has 8 heteroatoms. The molecule has 4 aliphatic heterocycles. The maximum absolute atomic E-state index is 6.52. The minimum absolute atomic E-state index is 0.377.